The van der Waals surface area contributed by atoms with Crippen molar-refractivity contribution in [2.75, 3.05) is 19.0 Å². The van der Waals surface area contributed by atoms with Crippen LogP contribution in [0, 0.1) is 5.82 Å². The highest BCUT2D eigenvalue weighted by Gasteiger charge is 2.13. The third-order valence-corrected chi connectivity index (χ3v) is 4.82. The molecule has 0 radical (unpaired) electrons. The number of anilines is 1. The van der Waals surface area contributed by atoms with Crippen molar-refractivity contribution in [1.29, 1.82) is 0 Å². The molecule has 0 aliphatic rings. The fraction of sp³-hybridized carbons (Fsp3) is 0.167. The Balaban J connectivity index is 1.55. The predicted octanol–water partition coefficient (Wildman–Crippen LogP) is 3.64. The van der Waals surface area contributed by atoms with Gasteiger partial charge in [-0.15, -0.1) is 10.2 Å². The van der Waals surface area contributed by atoms with E-state index >= 15 is 0 Å². The topological polar surface area (TPSA) is 55.6 Å². The summed E-state index contributed by atoms with van der Waals surface area (Å²) < 4.78 is 20.3. The number of hydrogen-bond acceptors (Lipinski definition) is 6. The minimum absolute atomic E-state index is 0.204. The number of hydrogen-bond donors (Lipinski definition) is 0. The van der Waals surface area contributed by atoms with Gasteiger partial charge in [0.05, 0.1) is 0 Å². The van der Waals surface area contributed by atoms with Crippen molar-refractivity contribution in [3.05, 3.63) is 60.2 Å². The Morgan fingerprint density at radius 2 is 1.77 bits per heavy atom. The maximum absolute atomic E-state index is 12.9. The molecule has 0 atom stereocenters. The van der Waals surface area contributed by atoms with Gasteiger partial charge in [-0.05, 0) is 48.5 Å². The van der Waals surface area contributed by atoms with Crippen LogP contribution in [-0.4, -0.2) is 33.9 Å². The van der Waals surface area contributed by atoms with E-state index in [2.05, 4.69) is 27.4 Å². The molecule has 4 rings (SSSR count). The summed E-state index contributed by atoms with van der Waals surface area (Å²) in [5.41, 5.74) is 2.15. The Morgan fingerprint density at radius 1 is 1.04 bits per heavy atom. The summed E-state index contributed by atoms with van der Waals surface area (Å²) >= 11 is 1.47. The molecule has 0 bridgehead atoms. The standard InChI is InChI=1S/C18H16FN5OS/c1-23(2)14-7-3-12(4-8-14)17-22-24-16(20-21-18(24)26-17)11-25-15-9-5-13(19)6-10-15/h3-10H,11H2,1-2H3. The highest BCUT2D eigenvalue weighted by atomic mass is 32.1. The zero-order valence-corrected chi connectivity index (χ0v) is 15.1. The monoisotopic (exact) mass is 369 g/mol. The van der Waals surface area contributed by atoms with Gasteiger partial charge in [0.2, 0.25) is 4.96 Å². The first kappa shape index (κ1) is 16.5. The van der Waals surface area contributed by atoms with E-state index in [9.17, 15) is 4.39 Å². The Morgan fingerprint density at radius 3 is 2.46 bits per heavy atom. The number of ether oxygens (including phenoxy) is 1. The molecule has 2 aromatic carbocycles. The summed E-state index contributed by atoms with van der Waals surface area (Å²) in [6.07, 6.45) is 0. The summed E-state index contributed by atoms with van der Waals surface area (Å²) in [4.78, 5) is 2.75. The van der Waals surface area contributed by atoms with Gasteiger partial charge >= 0.3 is 0 Å². The van der Waals surface area contributed by atoms with E-state index in [4.69, 9.17) is 4.74 Å². The Hall–Kier alpha value is -3.00. The van der Waals surface area contributed by atoms with Crippen LogP contribution in [-0.2, 0) is 6.61 Å². The van der Waals surface area contributed by atoms with Gasteiger partial charge < -0.3 is 9.64 Å². The minimum Gasteiger partial charge on any atom is -0.486 e. The van der Waals surface area contributed by atoms with Crippen LogP contribution in [0.5, 0.6) is 5.75 Å². The van der Waals surface area contributed by atoms with Gasteiger partial charge in [0.15, 0.2) is 5.82 Å². The van der Waals surface area contributed by atoms with Gasteiger partial charge in [-0.1, -0.05) is 11.3 Å². The summed E-state index contributed by atoms with van der Waals surface area (Å²) in [5, 5.41) is 13.7. The first-order chi connectivity index (χ1) is 12.6. The minimum atomic E-state index is -0.299. The van der Waals surface area contributed by atoms with E-state index < -0.39 is 0 Å². The lowest BCUT2D eigenvalue weighted by Crippen LogP contribution is -2.07. The van der Waals surface area contributed by atoms with Crippen molar-refractivity contribution in [2.24, 2.45) is 0 Å². The molecule has 0 unspecified atom stereocenters. The number of nitrogens with zero attached hydrogens (tertiary/aromatic N) is 5. The van der Waals surface area contributed by atoms with E-state index in [1.807, 2.05) is 31.1 Å². The molecule has 0 aliphatic heterocycles. The Bertz CT molecular complexity index is 1020. The van der Waals surface area contributed by atoms with E-state index in [-0.39, 0.29) is 12.4 Å². The number of fused-ring (bicyclic) bond motifs is 1. The second-order valence-electron chi connectivity index (χ2n) is 5.90. The van der Waals surface area contributed by atoms with Gasteiger partial charge in [-0.3, -0.25) is 0 Å². The third-order valence-electron chi connectivity index (χ3n) is 3.87. The largest absolute Gasteiger partial charge is 0.486 e. The number of aromatic nitrogens is 4. The molecule has 0 N–H and O–H groups in total. The molecule has 8 heteroatoms. The van der Waals surface area contributed by atoms with E-state index in [1.165, 1.54) is 23.5 Å². The smallest absolute Gasteiger partial charge is 0.235 e. The van der Waals surface area contributed by atoms with Crippen molar-refractivity contribution < 1.29 is 9.13 Å². The van der Waals surface area contributed by atoms with Crippen LogP contribution in [0.3, 0.4) is 0 Å². The lowest BCUT2D eigenvalue weighted by Gasteiger charge is -2.11. The van der Waals surface area contributed by atoms with Gasteiger partial charge in [0, 0.05) is 25.3 Å². The molecule has 2 heterocycles. The Labute approximate surface area is 153 Å². The molecule has 4 aromatic rings. The first-order valence-corrected chi connectivity index (χ1v) is 8.79. The van der Waals surface area contributed by atoms with Crippen molar-refractivity contribution in [3.63, 3.8) is 0 Å². The normalized spacial score (nSPS) is 11.0. The van der Waals surface area contributed by atoms with Crippen LogP contribution in [0.4, 0.5) is 10.1 Å². The van der Waals surface area contributed by atoms with Crippen LogP contribution >= 0.6 is 11.3 Å². The quantitative estimate of drug-likeness (QED) is 0.538. The number of benzene rings is 2. The molecule has 6 nitrogen and oxygen atoms in total. The van der Waals surface area contributed by atoms with Crippen LogP contribution < -0.4 is 9.64 Å². The van der Waals surface area contributed by atoms with Gasteiger partial charge in [0.1, 0.15) is 23.2 Å². The Kier molecular flexibility index (Phi) is 4.26. The maximum atomic E-state index is 12.9. The lowest BCUT2D eigenvalue weighted by molar-refractivity contribution is 0.292. The molecule has 132 valence electrons. The lowest BCUT2D eigenvalue weighted by atomic mass is 10.2. The average molecular weight is 369 g/mol. The maximum Gasteiger partial charge on any atom is 0.235 e. The summed E-state index contributed by atoms with van der Waals surface area (Å²) in [5.74, 6) is 0.862. The fourth-order valence-corrected chi connectivity index (χ4v) is 3.31. The van der Waals surface area contributed by atoms with Crippen LogP contribution in [0.25, 0.3) is 15.5 Å². The van der Waals surface area contributed by atoms with Crippen molar-refractivity contribution >= 4 is 22.0 Å². The molecular weight excluding hydrogens is 353 g/mol. The van der Waals surface area contributed by atoms with Crippen LogP contribution in [0.15, 0.2) is 48.5 Å². The molecule has 0 spiro atoms. The van der Waals surface area contributed by atoms with Crippen molar-refractivity contribution in [3.8, 4) is 16.3 Å². The van der Waals surface area contributed by atoms with E-state index in [0.717, 1.165) is 16.3 Å². The van der Waals surface area contributed by atoms with Gasteiger partial charge in [0.25, 0.3) is 0 Å². The van der Waals surface area contributed by atoms with Crippen LogP contribution in [0.2, 0.25) is 0 Å². The third kappa shape index (κ3) is 3.23. The second kappa shape index (κ2) is 6.72. The molecule has 2 aromatic heterocycles. The van der Waals surface area contributed by atoms with E-state index in [1.54, 1.807) is 16.6 Å². The van der Waals surface area contributed by atoms with E-state index in [0.29, 0.717) is 16.5 Å². The molecule has 0 fully saturated rings. The van der Waals surface area contributed by atoms with Gasteiger partial charge in [-0.2, -0.15) is 9.61 Å². The fourth-order valence-electron chi connectivity index (χ4n) is 2.44. The zero-order chi connectivity index (χ0) is 18.1. The molecule has 0 saturated heterocycles. The summed E-state index contributed by atoms with van der Waals surface area (Å²) in [6.45, 7) is 0.204. The zero-order valence-electron chi connectivity index (χ0n) is 14.3. The SMILES string of the molecule is CN(C)c1ccc(-c2nn3c(COc4ccc(F)cc4)nnc3s2)cc1. The molecule has 0 aliphatic carbocycles. The van der Waals surface area contributed by atoms with Gasteiger partial charge in [-0.25, -0.2) is 4.39 Å². The summed E-state index contributed by atoms with van der Waals surface area (Å²) in [6, 6.07) is 14.0. The average Bonchev–Trinajstić information content (AvgIpc) is 3.22. The highest BCUT2D eigenvalue weighted by molar-refractivity contribution is 7.19. The highest BCUT2D eigenvalue weighted by Crippen LogP contribution is 2.27. The molecular formula is C18H16FN5OS. The summed E-state index contributed by atoms with van der Waals surface area (Å²) in [7, 11) is 4.01. The molecule has 26 heavy (non-hydrogen) atoms. The number of halogens is 1. The van der Waals surface area contributed by atoms with Crippen LogP contribution in [0.1, 0.15) is 5.82 Å². The molecule has 0 saturated carbocycles. The number of rotatable bonds is 5. The predicted molar refractivity (Wildman–Crippen MR) is 99.2 cm³/mol. The first-order valence-electron chi connectivity index (χ1n) is 7.97. The van der Waals surface area contributed by atoms with Crippen molar-refractivity contribution in [1.82, 2.24) is 19.8 Å². The second-order valence-corrected chi connectivity index (χ2v) is 6.86. The molecule has 0 amide bonds. The van der Waals surface area contributed by atoms with Crippen molar-refractivity contribution in [2.45, 2.75) is 6.61 Å².